The second-order valence-electron chi connectivity index (χ2n) is 7.30. The van der Waals surface area contributed by atoms with E-state index in [0.717, 1.165) is 10.5 Å². The Hall–Kier alpha value is -4.66. The molecule has 164 valence electrons. The number of esters is 1. The summed E-state index contributed by atoms with van der Waals surface area (Å²) in [6.45, 7) is 1.19. The summed E-state index contributed by atoms with van der Waals surface area (Å²) in [5.41, 5.74) is 1.44. The lowest BCUT2D eigenvalue weighted by Crippen LogP contribution is -2.29. The monoisotopic (exact) mass is 444 g/mol. The van der Waals surface area contributed by atoms with E-state index < -0.39 is 35.1 Å². The predicted molar refractivity (Wildman–Crippen MR) is 116 cm³/mol. The molecule has 1 aliphatic heterocycles. The van der Waals surface area contributed by atoms with Crippen LogP contribution in [0.2, 0.25) is 0 Å². The van der Waals surface area contributed by atoms with Gasteiger partial charge in [-0.15, -0.1) is 0 Å². The van der Waals surface area contributed by atoms with Gasteiger partial charge >= 0.3 is 5.97 Å². The minimum Gasteiger partial charge on any atom is -0.454 e. The van der Waals surface area contributed by atoms with Gasteiger partial charge in [0.05, 0.1) is 27.3 Å². The number of carbonyl (C=O) groups excluding carboxylic acids is 4. The van der Waals surface area contributed by atoms with Crippen molar-refractivity contribution in [1.29, 1.82) is 0 Å². The summed E-state index contributed by atoms with van der Waals surface area (Å²) in [6, 6.07) is 15.9. The third-order valence-electron chi connectivity index (χ3n) is 5.21. The maximum Gasteiger partial charge on any atom is 0.338 e. The first-order valence-electron chi connectivity index (χ1n) is 9.81. The molecule has 9 heteroatoms. The number of nitro groups is 1. The molecule has 0 bridgehead atoms. The zero-order valence-corrected chi connectivity index (χ0v) is 17.3. The summed E-state index contributed by atoms with van der Waals surface area (Å²) in [7, 11) is 0. The molecule has 9 nitrogen and oxygen atoms in total. The van der Waals surface area contributed by atoms with Crippen LogP contribution in [0, 0.1) is 17.0 Å². The molecule has 0 fully saturated rings. The Morgan fingerprint density at radius 3 is 2.21 bits per heavy atom. The topological polar surface area (TPSA) is 124 Å². The standard InChI is InChI=1S/C24H16N2O7/c1-14-4-2-3-5-20(14)25-22(28)18-11-8-16(12-19(18)23(25)29)24(30)33-13-21(27)15-6-9-17(10-7-15)26(31)32/h2-12H,13H2,1H3. The van der Waals surface area contributed by atoms with Crippen molar-refractivity contribution in [2.24, 2.45) is 0 Å². The number of hydrogen-bond donors (Lipinski definition) is 0. The first kappa shape index (κ1) is 21.6. The Kier molecular flexibility index (Phi) is 5.53. The summed E-state index contributed by atoms with van der Waals surface area (Å²) >= 11 is 0. The number of amides is 2. The molecule has 0 spiro atoms. The number of aryl methyl sites for hydroxylation is 1. The maximum absolute atomic E-state index is 12.9. The molecule has 2 amide bonds. The van der Waals surface area contributed by atoms with E-state index in [-0.39, 0.29) is 27.9 Å². The van der Waals surface area contributed by atoms with Gasteiger partial charge in [0.2, 0.25) is 0 Å². The highest BCUT2D eigenvalue weighted by Crippen LogP contribution is 2.31. The number of imide groups is 1. The number of rotatable bonds is 6. The molecule has 0 saturated carbocycles. The Balaban J connectivity index is 1.48. The summed E-state index contributed by atoms with van der Waals surface area (Å²) < 4.78 is 5.04. The number of benzene rings is 3. The Labute approximate surface area is 187 Å². The van der Waals surface area contributed by atoms with Gasteiger partial charge in [0.25, 0.3) is 17.5 Å². The first-order chi connectivity index (χ1) is 15.8. The SMILES string of the molecule is Cc1ccccc1N1C(=O)c2ccc(C(=O)OCC(=O)c3ccc([N+](=O)[O-])cc3)cc2C1=O. The van der Waals surface area contributed by atoms with Crippen LogP contribution in [0.1, 0.15) is 47.0 Å². The number of para-hydroxylation sites is 1. The lowest BCUT2D eigenvalue weighted by atomic mass is 10.1. The Morgan fingerprint density at radius 2 is 1.55 bits per heavy atom. The van der Waals surface area contributed by atoms with Gasteiger partial charge in [-0.05, 0) is 48.9 Å². The van der Waals surface area contributed by atoms with E-state index in [1.807, 2.05) is 0 Å². The number of anilines is 1. The van der Waals surface area contributed by atoms with Gasteiger partial charge in [0.15, 0.2) is 12.4 Å². The van der Waals surface area contributed by atoms with Gasteiger partial charge in [-0.2, -0.15) is 0 Å². The van der Waals surface area contributed by atoms with E-state index in [1.165, 1.54) is 42.5 Å². The summed E-state index contributed by atoms with van der Waals surface area (Å²) in [5.74, 6) is -2.43. The van der Waals surface area contributed by atoms with Crippen LogP contribution in [0.4, 0.5) is 11.4 Å². The maximum atomic E-state index is 12.9. The first-order valence-corrected chi connectivity index (χ1v) is 9.81. The van der Waals surface area contributed by atoms with Crippen LogP contribution >= 0.6 is 0 Å². The Morgan fingerprint density at radius 1 is 0.909 bits per heavy atom. The fourth-order valence-electron chi connectivity index (χ4n) is 3.47. The van der Waals surface area contributed by atoms with Crippen molar-refractivity contribution in [1.82, 2.24) is 0 Å². The van der Waals surface area contributed by atoms with E-state index >= 15 is 0 Å². The average molecular weight is 444 g/mol. The molecule has 0 unspecified atom stereocenters. The number of ketones is 1. The molecule has 1 heterocycles. The molecular weight excluding hydrogens is 428 g/mol. The summed E-state index contributed by atoms with van der Waals surface area (Å²) in [6.07, 6.45) is 0. The van der Waals surface area contributed by atoms with Crippen LogP contribution in [0.15, 0.2) is 66.7 Å². The molecule has 33 heavy (non-hydrogen) atoms. The third-order valence-corrected chi connectivity index (χ3v) is 5.21. The van der Waals surface area contributed by atoms with Crippen LogP contribution < -0.4 is 4.90 Å². The van der Waals surface area contributed by atoms with Crippen LogP contribution in [0.5, 0.6) is 0 Å². The normalized spacial score (nSPS) is 12.5. The van der Waals surface area contributed by atoms with Crippen molar-refractivity contribution in [3.05, 3.63) is 105 Å². The van der Waals surface area contributed by atoms with Crippen molar-refractivity contribution in [3.8, 4) is 0 Å². The number of carbonyl (C=O) groups is 4. The highest BCUT2D eigenvalue weighted by molar-refractivity contribution is 6.35. The fourth-order valence-corrected chi connectivity index (χ4v) is 3.47. The van der Waals surface area contributed by atoms with Crippen molar-refractivity contribution in [3.63, 3.8) is 0 Å². The molecule has 1 aliphatic rings. The number of Topliss-reactive ketones (excluding diaryl/α,β-unsaturated/α-hetero) is 1. The van der Waals surface area contributed by atoms with Crippen LogP contribution in [0.3, 0.4) is 0 Å². The number of nitro benzene ring substituents is 1. The van der Waals surface area contributed by atoms with E-state index in [1.54, 1.807) is 31.2 Å². The third kappa shape index (κ3) is 3.99. The van der Waals surface area contributed by atoms with Gasteiger partial charge < -0.3 is 4.74 Å². The van der Waals surface area contributed by atoms with E-state index in [2.05, 4.69) is 0 Å². The van der Waals surface area contributed by atoms with Crippen LogP contribution in [-0.2, 0) is 4.74 Å². The molecule has 0 aliphatic carbocycles. The molecule has 0 atom stereocenters. The van der Waals surface area contributed by atoms with Gasteiger partial charge in [-0.1, -0.05) is 18.2 Å². The minimum absolute atomic E-state index is 0.0121. The van der Waals surface area contributed by atoms with Crippen molar-refractivity contribution in [2.45, 2.75) is 6.92 Å². The number of hydrogen-bond acceptors (Lipinski definition) is 7. The lowest BCUT2D eigenvalue weighted by molar-refractivity contribution is -0.384. The lowest BCUT2D eigenvalue weighted by Gasteiger charge is -2.16. The average Bonchev–Trinajstić information content (AvgIpc) is 3.07. The van der Waals surface area contributed by atoms with Crippen LogP contribution in [-0.4, -0.2) is 35.1 Å². The summed E-state index contributed by atoms with van der Waals surface area (Å²) in [5, 5.41) is 10.7. The number of nitrogens with zero attached hydrogens (tertiary/aromatic N) is 2. The molecule has 0 N–H and O–H groups in total. The Bertz CT molecular complexity index is 1330. The smallest absolute Gasteiger partial charge is 0.338 e. The quantitative estimate of drug-likeness (QED) is 0.186. The molecule has 0 aromatic heterocycles. The van der Waals surface area contributed by atoms with Gasteiger partial charge in [0.1, 0.15) is 0 Å². The van der Waals surface area contributed by atoms with Crippen molar-refractivity contribution < 1.29 is 28.8 Å². The number of ether oxygens (including phenoxy) is 1. The second kappa shape index (κ2) is 8.46. The molecule has 3 aromatic rings. The zero-order valence-electron chi connectivity index (χ0n) is 17.3. The summed E-state index contributed by atoms with van der Waals surface area (Å²) in [4.78, 5) is 61.5. The van der Waals surface area contributed by atoms with Gasteiger partial charge in [-0.25, -0.2) is 9.69 Å². The van der Waals surface area contributed by atoms with Gasteiger partial charge in [0, 0.05) is 17.7 Å². The minimum atomic E-state index is -0.845. The van der Waals surface area contributed by atoms with Crippen molar-refractivity contribution in [2.75, 3.05) is 11.5 Å². The highest BCUT2D eigenvalue weighted by atomic mass is 16.6. The van der Waals surface area contributed by atoms with Crippen LogP contribution in [0.25, 0.3) is 0 Å². The highest BCUT2D eigenvalue weighted by Gasteiger charge is 2.37. The largest absolute Gasteiger partial charge is 0.454 e. The molecule has 4 rings (SSSR count). The number of non-ortho nitro benzene ring substituents is 1. The molecule has 3 aromatic carbocycles. The molecule has 0 saturated heterocycles. The van der Waals surface area contributed by atoms with E-state index in [4.69, 9.17) is 4.74 Å². The molecular formula is C24H16N2O7. The van der Waals surface area contributed by atoms with E-state index in [9.17, 15) is 29.3 Å². The van der Waals surface area contributed by atoms with Crippen molar-refractivity contribution >= 4 is 34.9 Å². The number of fused-ring (bicyclic) bond motifs is 1. The second-order valence-corrected chi connectivity index (χ2v) is 7.30. The fraction of sp³-hybridized carbons (Fsp3) is 0.0833. The molecule has 0 radical (unpaired) electrons. The van der Waals surface area contributed by atoms with Gasteiger partial charge in [-0.3, -0.25) is 24.5 Å². The predicted octanol–water partition coefficient (Wildman–Crippen LogP) is 3.74. The van der Waals surface area contributed by atoms with E-state index in [0.29, 0.717) is 5.69 Å². The zero-order chi connectivity index (χ0) is 23.7.